The van der Waals surface area contributed by atoms with Gasteiger partial charge in [-0.15, -0.1) is 0 Å². The average molecular weight is 570 g/mol. The molecule has 0 saturated heterocycles. The van der Waals surface area contributed by atoms with Crippen LogP contribution in [0.25, 0.3) is 0 Å². The van der Waals surface area contributed by atoms with Gasteiger partial charge in [0.2, 0.25) is 11.8 Å². The minimum Gasteiger partial charge on any atom is -0.352 e. The van der Waals surface area contributed by atoms with Gasteiger partial charge in [0, 0.05) is 12.6 Å². The molecule has 3 aromatic carbocycles. The van der Waals surface area contributed by atoms with E-state index in [9.17, 15) is 18.0 Å². The van der Waals surface area contributed by atoms with E-state index in [0.29, 0.717) is 0 Å². The number of nitrogens with zero attached hydrogens (tertiary/aromatic N) is 2. The van der Waals surface area contributed by atoms with Crippen LogP contribution in [0, 0.1) is 13.8 Å². The first-order valence-electron chi connectivity index (χ1n) is 12.9. The lowest BCUT2D eigenvalue weighted by Gasteiger charge is -2.32. The average Bonchev–Trinajstić information content (AvgIpc) is 2.90. The summed E-state index contributed by atoms with van der Waals surface area (Å²) >= 11 is 6.44. The quantitative estimate of drug-likeness (QED) is 0.331. The third kappa shape index (κ3) is 7.61. The van der Waals surface area contributed by atoms with Crippen molar-refractivity contribution in [2.45, 2.75) is 64.6 Å². The van der Waals surface area contributed by atoms with Gasteiger partial charge in [-0.25, -0.2) is 8.42 Å². The number of sulfonamides is 1. The Labute approximate surface area is 236 Å². The number of carbonyl (C=O) groups is 2. The Kier molecular flexibility index (Phi) is 10.2. The first-order valence-corrected chi connectivity index (χ1v) is 14.7. The third-order valence-electron chi connectivity index (χ3n) is 6.61. The molecule has 3 rings (SSSR count). The Balaban J connectivity index is 2.04. The summed E-state index contributed by atoms with van der Waals surface area (Å²) in [5.74, 6) is -0.838. The van der Waals surface area contributed by atoms with Crippen molar-refractivity contribution in [1.82, 2.24) is 10.2 Å². The first-order chi connectivity index (χ1) is 18.4. The zero-order chi connectivity index (χ0) is 28.7. The molecule has 9 heteroatoms. The predicted octanol–water partition coefficient (Wildman–Crippen LogP) is 5.48. The van der Waals surface area contributed by atoms with Crippen molar-refractivity contribution in [3.8, 4) is 0 Å². The van der Waals surface area contributed by atoms with Gasteiger partial charge in [-0.1, -0.05) is 78.2 Å². The van der Waals surface area contributed by atoms with E-state index in [4.69, 9.17) is 11.6 Å². The second-order valence-electron chi connectivity index (χ2n) is 9.78. The number of benzene rings is 3. The molecule has 0 aliphatic heterocycles. The summed E-state index contributed by atoms with van der Waals surface area (Å²) in [4.78, 5) is 28.5. The molecule has 0 unspecified atom stereocenters. The van der Waals surface area contributed by atoms with Crippen molar-refractivity contribution >= 4 is 39.1 Å². The smallest absolute Gasteiger partial charge is 0.264 e. The highest BCUT2D eigenvalue weighted by Gasteiger charge is 2.33. The fourth-order valence-corrected chi connectivity index (χ4v) is 5.78. The number of carbonyl (C=O) groups excluding carboxylic acids is 2. The Hall–Kier alpha value is -3.36. The van der Waals surface area contributed by atoms with Crippen LogP contribution in [0.1, 0.15) is 43.9 Å². The van der Waals surface area contributed by atoms with Crippen molar-refractivity contribution < 1.29 is 18.0 Å². The lowest BCUT2D eigenvalue weighted by Crippen LogP contribution is -2.52. The van der Waals surface area contributed by atoms with Gasteiger partial charge in [-0.2, -0.15) is 0 Å². The van der Waals surface area contributed by atoms with Gasteiger partial charge >= 0.3 is 0 Å². The zero-order valence-corrected chi connectivity index (χ0v) is 24.6. The van der Waals surface area contributed by atoms with E-state index < -0.39 is 28.5 Å². The molecule has 0 heterocycles. The number of nitrogens with one attached hydrogen (secondary N) is 1. The summed E-state index contributed by atoms with van der Waals surface area (Å²) in [6.07, 6.45) is 0.735. The van der Waals surface area contributed by atoms with Gasteiger partial charge in [0.15, 0.2) is 0 Å². The Bertz CT molecular complexity index is 1410. The van der Waals surface area contributed by atoms with E-state index in [1.165, 1.54) is 17.0 Å². The van der Waals surface area contributed by atoms with Crippen LogP contribution in [-0.4, -0.2) is 43.8 Å². The van der Waals surface area contributed by atoms with Gasteiger partial charge in [-0.05, 0) is 63.9 Å². The number of anilines is 1. The number of para-hydroxylation sites is 1. The van der Waals surface area contributed by atoms with Crippen LogP contribution in [-0.2, 0) is 26.2 Å². The van der Waals surface area contributed by atoms with Crippen LogP contribution in [0.4, 0.5) is 5.69 Å². The molecule has 0 bridgehead atoms. The van der Waals surface area contributed by atoms with Crippen molar-refractivity contribution in [3.05, 3.63) is 94.5 Å². The number of hydrogen-bond donors (Lipinski definition) is 1. The molecule has 3 aromatic rings. The third-order valence-corrected chi connectivity index (χ3v) is 8.71. The number of halogens is 1. The van der Waals surface area contributed by atoms with E-state index >= 15 is 0 Å². The van der Waals surface area contributed by atoms with Crippen LogP contribution in [0.15, 0.2) is 77.7 Å². The maximum absolute atomic E-state index is 14.0. The maximum Gasteiger partial charge on any atom is 0.264 e. The van der Waals surface area contributed by atoms with Crippen LogP contribution in [0.2, 0.25) is 5.02 Å². The van der Waals surface area contributed by atoms with Gasteiger partial charge in [0.1, 0.15) is 12.6 Å². The van der Waals surface area contributed by atoms with E-state index in [2.05, 4.69) is 5.32 Å². The number of rotatable bonds is 11. The summed E-state index contributed by atoms with van der Waals surface area (Å²) < 4.78 is 28.7. The molecule has 2 amide bonds. The Morgan fingerprint density at radius 1 is 0.923 bits per heavy atom. The maximum atomic E-state index is 14.0. The highest BCUT2D eigenvalue weighted by molar-refractivity contribution is 7.92. The molecular formula is C30H36ClN3O4S. The fraction of sp³-hybridized carbons (Fsp3) is 0.333. The van der Waals surface area contributed by atoms with Gasteiger partial charge < -0.3 is 10.2 Å². The van der Waals surface area contributed by atoms with Crippen molar-refractivity contribution in [2.24, 2.45) is 0 Å². The molecule has 0 aliphatic carbocycles. The summed E-state index contributed by atoms with van der Waals surface area (Å²) in [7, 11) is -4.17. The van der Waals surface area contributed by atoms with Crippen molar-refractivity contribution in [2.75, 3.05) is 10.8 Å². The summed E-state index contributed by atoms with van der Waals surface area (Å²) in [6.45, 7) is 8.92. The van der Waals surface area contributed by atoms with Gasteiger partial charge in [-0.3, -0.25) is 13.9 Å². The Morgan fingerprint density at radius 2 is 1.59 bits per heavy atom. The van der Waals surface area contributed by atoms with Crippen LogP contribution in [0.3, 0.4) is 0 Å². The lowest BCUT2D eigenvalue weighted by atomic mass is 10.1. The monoisotopic (exact) mass is 569 g/mol. The lowest BCUT2D eigenvalue weighted by molar-refractivity contribution is -0.139. The molecule has 208 valence electrons. The molecule has 0 saturated carbocycles. The van der Waals surface area contributed by atoms with Crippen molar-refractivity contribution in [1.29, 1.82) is 0 Å². The number of aryl methyl sites for hydroxylation is 2. The molecular weight excluding hydrogens is 534 g/mol. The molecule has 0 spiro atoms. The topological polar surface area (TPSA) is 86.8 Å². The minimum absolute atomic E-state index is 0.0358. The zero-order valence-electron chi connectivity index (χ0n) is 23.0. The summed E-state index contributed by atoms with van der Waals surface area (Å²) in [5.41, 5.74) is 2.92. The fourth-order valence-electron chi connectivity index (χ4n) is 4.06. The molecule has 0 aromatic heterocycles. The van der Waals surface area contributed by atoms with Gasteiger partial charge in [0.25, 0.3) is 10.0 Å². The highest BCUT2D eigenvalue weighted by atomic mass is 35.5. The van der Waals surface area contributed by atoms with Gasteiger partial charge in [0.05, 0.1) is 15.6 Å². The highest BCUT2D eigenvalue weighted by Crippen LogP contribution is 2.31. The standard InChI is InChI=1S/C30H36ClN3O4S/c1-6-23(4)32-30(36)24(5)33(19-25-11-9-10-22(3)18-25)29(35)20-34(28-13-8-7-12-27(28)31)39(37,38)26-16-14-21(2)15-17-26/h7-18,23-24H,6,19-20H2,1-5H3,(H,32,36)/t23-,24+/m1/s1. The second kappa shape index (κ2) is 13.1. The SMILES string of the molecule is CC[C@@H](C)NC(=O)[C@H](C)N(Cc1cccc(C)c1)C(=O)CN(c1ccccc1Cl)S(=O)(=O)c1ccc(C)cc1. The largest absolute Gasteiger partial charge is 0.352 e. The van der Waals surface area contributed by atoms with Crippen LogP contribution in [0.5, 0.6) is 0 Å². The normalized spacial score (nSPS) is 12.9. The second-order valence-corrected chi connectivity index (χ2v) is 12.1. The molecule has 1 N–H and O–H groups in total. The van der Waals surface area contributed by atoms with Crippen LogP contribution < -0.4 is 9.62 Å². The van der Waals surface area contributed by atoms with E-state index in [1.807, 2.05) is 52.0 Å². The molecule has 2 atom stereocenters. The molecule has 0 radical (unpaired) electrons. The Morgan fingerprint density at radius 3 is 2.21 bits per heavy atom. The van der Waals surface area contributed by atoms with E-state index in [1.54, 1.807) is 43.3 Å². The molecule has 7 nitrogen and oxygen atoms in total. The number of hydrogen-bond acceptors (Lipinski definition) is 4. The first kappa shape index (κ1) is 30.2. The van der Waals surface area contributed by atoms with Crippen molar-refractivity contribution in [3.63, 3.8) is 0 Å². The summed E-state index contributed by atoms with van der Waals surface area (Å²) in [6, 6.07) is 19.6. The van der Waals surface area contributed by atoms with Crippen LogP contribution >= 0.6 is 11.6 Å². The molecule has 39 heavy (non-hydrogen) atoms. The van der Waals surface area contributed by atoms with E-state index in [-0.39, 0.29) is 34.1 Å². The predicted molar refractivity (Wildman–Crippen MR) is 156 cm³/mol. The minimum atomic E-state index is -4.17. The molecule has 0 fully saturated rings. The van der Waals surface area contributed by atoms with E-state index in [0.717, 1.165) is 27.4 Å². The number of amides is 2. The molecule has 0 aliphatic rings. The summed E-state index contributed by atoms with van der Waals surface area (Å²) in [5, 5.41) is 3.12.